The number of aliphatic hydroxyl groups excluding tert-OH is 1. The molecule has 3 aromatic heterocycles. The minimum atomic E-state index is -1.04. The van der Waals surface area contributed by atoms with E-state index in [4.69, 9.17) is 14.5 Å². The van der Waals surface area contributed by atoms with E-state index >= 15 is 0 Å². The average Bonchev–Trinajstić information content (AvgIpc) is 3.48. The fraction of sp³-hybridized carbons (Fsp3) is 0.394. The van der Waals surface area contributed by atoms with Crippen molar-refractivity contribution in [3.63, 3.8) is 0 Å². The van der Waals surface area contributed by atoms with Gasteiger partial charge < -0.3 is 24.4 Å². The molecule has 4 fully saturated rings. The molecular formula is C33H35N7O4. The minimum absolute atomic E-state index is 0.0593. The van der Waals surface area contributed by atoms with Crippen molar-refractivity contribution in [3.8, 4) is 22.9 Å². The molecule has 1 amide bonds. The lowest BCUT2D eigenvalue weighted by atomic mass is 9.86. The first-order valence-corrected chi connectivity index (χ1v) is 15.2. The summed E-state index contributed by atoms with van der Waals surface area (Å²) < 4.78 is 13.3. The summed E-state index contributed by atoms with van der Waals surface area (Å²) >= 11 is 0. The van der Waals surface area contributed by atoms with E-state index in [0.29, 0.717) is 42.9 Å². The lowest BCUT2D eigenvalue weighted by molar-refractivity contribution is -0.155. The van der Waals surface area contributed by atoms with Crippen molar-refractivity contribution in [3.05, 3.63) is 78.2 Å². The molecule has 11 nitrogen and oxygen atoms in total. The van der Waals surface area contributed by atoms with E-state index in [0.717, 1.165) is 61.8 Å². The zero-order valence-electron chi connectivity index (χ0n) is 24.5. The number of piperidine rings is 1. The topological polar surface area (TPSA) is 119 Å². The summed E-state index contributed by atoms with van der Waals surface area (Å²) in [4.78, 5) is 24.3. The van der Waals surface area contributed by atoms with Gasteiger partial charge in [0, 0.05) is 56.5 Å². The number of benzene rings is 1. The predicted octanol–water partition coefficient (Wildman–Crippen LogP) is 2.37. The van der Waals surface area contributed by atoms with Crippen LogP contribution in [-0.2, 0) is 16.0 Å². The van der Waals surface area contributed by atoms with Crippen LogP contribution in [-0.4, -0.2) is 106 Å². The number of rotatable bonds is 9. The summed E-state index contributed by atoms with van der Waals surface area (Å²) in [6.07, 6.45) is 5.42. The first-order valence-electron chi connectivity index (χ1n) is 15.2. The van der Waals surface area contributed by atoms with Crippen LogP contribution < -0.4 is 9.64 Å². The number of piperazine rings is 1. The Morgan fingerprint density at radius 1 is 1.11 bits per heavy atom. The van der Waals surface area contributed by atoms with Crippen LogP contribution in [0.4, 0.5) is 5.82 Å². The van der Waals surface area contributed by atoms with Gasteiger partial charge in [-0.15, -0.1) is 0 Å². The maximum atomic E-state index is 13.1. The monoisotopic (exact) mass is 593 g/mol. The van der Waals surface area contributed by atoms with E-state index in [1.165, 1.54) is 0 Å². The predicted molar refractivity (Wildman–Crippen MR) is 163 cm³/mol. The molecule has 0 aliphatic carbocycles. The zero-order chi connectivity index (χ0) is 30.0. The van der Waals surface area contributed by atoms with Gasteiger partial charge in [0.05, 0.1) is 48.8 Å². The Balaban J connectivity index is 1.03. The molecule has 2 bridgehead atoms. The van der Waals surface area contributed by atoms with Gasteiger partial charge in [0.2, 0.25) is 0 Å². The second-order valence-electron chi connectivity index (χ2n) is 11.7. The number of hydrogen-bond acceptors (Lipinski definition) is 9. The molecule has 44 heavy (non-hydrogen) atoms. The van der Waals surface area contributed by atoms with E-state index in [1.54, 1.807) is 10.7 Å². The summed E-state index contributed by atoms with van der Waals surface area (Å²) in [5.41, 5.74) is 3.83. The molecule has 0 spiro atoms. The summed E-state index contributed by atoms with van der Waals surface area (Å²) in [7, 11) is 0. The largest absolute Gasteiger partial charge is 0.491 e. The van der Waals surface area contributed by atoms with Crippen molar-refractivity contribution in [1.29, 1.82) is 5.26 Å². The molecular weight excluding hydrogens is 558 g/mol. The molecule has 2 unspecified atom stereocenters. The van der Waals surface area contributed by atoms with E-state index in [9.17, 15) is 15.2 Å². The van der Waals surface area contributed by atoms with Gasteiger partial charge in [-0.2, -0.15) is 10.4 Å². The highest BCUT2D eigenvalue weighted by atomic mass is 16.5. The molecule has 4 aromatic rings. The van der Waals surface area contributed by atoms with Crippen LogP contribution >= 0.6 is 0 Å². The standard InChI is InChI=1S/C33H35N7O4/c34-17-25-19-36-39-22-28(44-13-10-37-8-11-43-12-9-37)16-29(32(25)39)24-6-7-31(35-18-24)38-20-26-15-27(21-38)40(26)33(42)30(41)14-23-4-2-1-3-5-23/h1-7,16,18-19,22,26-27,30,41H,8-15,20-21H2/t26?,27?,30-/m0/s1. The van der Waals surface area contributed by atoms with Gasteiger partial charge in [-0.3, -0.25) is 9.69 Å². The number of aromatic nitrogens is 3. The summed E-state index contributed by atoms with van der Waals surface area (Å²) in [6, 6.07) is 17.9. The number of carbonyl (C=O) groups excluding carboxylic acids is 1. The number of pyridine rings is 2. The summed E-state index contributed by atoms with van der Waals surface area (Å²) in [5.74, 6) is 1.32. The van der Waals surface area contributed by atoms with Crippen molar-refractivity contribution >= 4 is 17.2 Å². The molecule has 1 aromatic carbocycles. The van der Waals surface area contributed by atoms with Crippen LogP contribution in [0.5, 0.6) is 5.75 Å². The zero-order valence-corrected chi connectivity index (χ0v) is 24.5. The summed E-state index contributed by atoms with van der Waals surface area (Å²) in [6.45, 7) is 5.98. The Morgan fingerprint density at radius 3 is 2.64 bits per heavy atom. The smallest absolute Gasteiger partial charge is 0.252 e. The van der Waals surface area contributed by atoms with E-state index < -0.39 is 6.10 Å². The van der Waals surface area contributed by atoms with Crippen molar-refractivity contribution in [2.75, 3.05) is 57.4 Å². The second-order valence-corrected chi connectivity index (χ2v) is 11.7. The maximum absolute atomic E-state index is 13.1. The van der Waals surface area contributed by atoms with Crippen LogP contribution in [0.2, 0.25) is 0 Å². The Hall–Kier alpha value is -4.50. The van der Waals surface area contributed by atoms with Crippen LogP contribution in [0.15, 0.2) is 67.1 Å². The number of morpholine rings is 1. The molecule has 0 radical (unpaired) electrons. The maximum Gasteiger partial charge on any atom is 0.252 e. The number of ether oxygens (including phenoxy) is 2. The van der Waals surface area contributed by atoms with Crippen LogP contribution in [0.25, 0.3) is 16.6 Å². The highest BCUT2D eigenvalue weighted by Gasteiger charge is 2.48. The Morgan fingerprint density at radius 2 is 1.91 bits per heavy atom. The first kappa shape index (κ1) is 28.3. The fourth-order valence-electron chi connectivity index (χ4n) is 6.58. The number of nitriles is 1. The number of nitrogens with zero attached hydrogens (tertiary/aromatic N) is 7. The quantitative estimate of drug-likeness (QED) is 0.312. The molecule has 4 aliphatic rings. The van der Waals surface area contributed by atoms with Gasteiger partial charge in [0.25, 0.3) is 5.91 Å². The third kappa shape index (κ3) is 5.59. The first-order chi connectivity index (χ1) is 21.6. The number of hydrogen-bond donors (Lipinski definition) is 1. The number of anilines is 1. The second kappa shape index (κ2) is 12.2. The minimum Gasteiger partial charge on any atom is -0.491 e. The Labute approximate surface area is 255 Å². The fourth-order valence-corrected chi connectivity index (χ4v) is 6.58. The van der Waals surface area contributed by atoms with Crippen molar-refractivity contribution in [2.45, 2.75) is 31.0 Å². The van der Waals surface area contributed by atoms with Crippen molar-refractivity contribution in [2.24, 2.45) is 0 Å². The third-order valence-electron chi connectivity index (χ3n) is 8.87. The third-order valence-corrected chi connectivity index (χ3v) is 8.87. The number of amides is 1. The van der Waals surface area contributed by atoms with Gasteiger partial charge in [-0.05, 0) is 30.2 Å². The average molecular weight is 594 g/mol. The van der Waals surface area contributed by atoms with E-state index in [1.807, 2.05) is 65.8 Å². The molecule has 11 heteroatoms. The normalized spacial score (nSPS) is 20.6. The lowest BCUT2D eigenvalue weighted by Crippen LogP contribution is -2.71. The Bertz CT molecular complexity index is 1650. The molecule has 226 valence electrons. The van der Waals surface area contributed by atoms with Gasteiger partial charge in [-0.25, -0.2) is 9.50 Å². The Kier molecular flexibility index (Phi) is 7.87. The van der Waals surface area contributed by atoms with Gasteiger partial charge >= 0.3 is 0 Å². The molecule has 4 aliphatic heterocycles. The highest BCUT2D eigenvalue weighted by molar-refractivity contribution is 5.85. The highest BCUT2D eigenvalue weighted by Crippen LogP contribution is 2.36. The molecule has 8 rings (SSSR count). The van der Waals surface area contributed by atoms with Gasteiger partial charge in [0.15, 0.2) is 0 Å². The van der Waals surface area contributed by atoms with E-state index in [-0.39, 0.29) is 18.0 Å². The molecule has 0 saturated carbocycles. The van der Waals surface area contributed by atoms with Crippen LogP contribution in [0.3, 0.4) is 0 Å². The molecule has 7 heterocycles. The number of fused-ring (bicyclic) bond motifs is 3. The SMILES string of the molecule is N#Cc1cnn2cc(OCCN3CCOCC3)cc(-c3ccc(N4CC5CC(C4)N5C(=O)[C@@H](O)Cc4ccccc4)nc3)c12. The van der Waals surface area contributed by atoms with Gasteiger partial charge in [0.1, 0.15) is 30.3 Å². The molecule has 3 atom stereocenters. The summed E-state index contributed by atoms with van der Waals surface area (Å²) in [5, 5.41) is 24.8. The van der Waals surface area contributed by atoms with Crippen LogP contribution in [0, 0.1) is 11.3 Å². The van der Waals surface area contributed by atoms with Crippen molar-refractivity contribution < 1.29 is 19.4 Å². The van der Waals surface area contributed by atoms with E-state index in [2.05, 4.69) is 21.0 Å². The van der Waals surface area contributed by atoms with Gasteiger partial charge in [-0.1, -0.05) is 30.3 Å². The molecule has 4 saturated heterocycles. The number of aliphatic hydroxyl groups is 1. The molecule has 1 N–H and O–H groups in total. The number of carbonyl (C=O) groups is 1. The van der Waals surface area contributed by atoms with Crippen LogP contribution in [0.1, 0.15) is 17.5 Å². The van der Waals surface area contributed by atoms with Crippen molar-refractivity contribution in [1.82, 2.24) is 24.4 Å². The lowest BCUT2D eigenvalue weighted by Gasteiger charge is -2.57.